The molecule has 0 unspecified atom stereocenters. The first-order chi connectivity index (χ1) is 12.6. The lowest BCUT2D eigenvalue weighted by Crippen LogP contribution is -2.36. The van der Waals surface area contributed by atoms with Gasteiger partial charge in [0.2, 0.25) is 0 Å². The van der Waals surface area contributed by atoms with Crippen LogP contribution in [0, 0.1) is 0 Å². The van der Waals surface area contributed by atoms with Crippen LogP contribution in [0.1, 0.15) is 15.9 Å². The number of carbonyl (C=O) groups is 1. The number of morpholine rings is 1. The molecular formula is C20H24N2O4. The van der Waals surface area contributed by atoms with Gasteiger partial charge >= 0.3 is 0 Å². The first kappa shape index (κ1) is 18.1. The Morgan fingerprint density at radius 2 is 1.88 bits per heavy atom. The number of nitrogens with zero attached hydrogens (tertiary/aromatic N) is 2. The highest BCUT2D eigenvalue weighted by atomic mass is 16.5. The second kappa shape index (κ2) is 8.10. The summed E-state index contributed by atoms with van der Waals surface area (Å²) < 4.78 is 10.4. The first-order valence-electron chi connectivity index (χ1n) is 8.62. The van der Waals surface area contributed by atoms with Gasteiger partial charge in [-0.25, -0.2) is 0 Å². The van der Waals surface area contributed by atoms with E-state index in [9.17, 15) is 9.90 Å². The van der Waals surface area contributed by atoms with Gasteiger partial charge in [-0.1, -0.05) is 12.1 Å². The number of phenolic OH excluding ortho intramolecular Hbond substituents is 1. The van der Waals surface area contributed by atoms with E-state index in [1.54, 1.807) is 24.1 Å². The van der Waals surface area contributed by atoms with Gasteiger partial charge < -0.3 is 24.4 Å². The molecule has 6 nitrogen and oxygen atoms in total. The van der Waals surface area contributed by atoms with E-state index in [1.165, 1.54) is 18.9 Å². The van der Waals surface area contributed by atoms with Gasteiger partial charge in [0, 0.05) is 38.4 Å². The second-order valence-electron chi connectivity index (χ2n) is 6.31. The number of hydrogen-bond acceptors (Lipinski definition) is 5. The van der Waals surface area contributed by atoms with Crippen LogP contribution in [0.3, 0.4) is 0 Å². The second-order valence-corrected chi connectivity index (χ2v) is 6.31. The topological polar surface area (TPSA) is 62.2 Å². The zero-order valence-electron chi connectivity index (χ0n) is 15.1. The molecule has 6 heteroatoms. The molecule has 0 aliphatic carbocycles. The average Bonchev–Trinajstić information content (AvgIpc) is 2.68. The Bertz CT molecular complexity index is 755. The fraction of sp³-hybridized carbons (Fsp3) is 0.350. The summed E-state index contributed by atoms with van der Waals surface area (Å²) in [5, 5.41) is 10.0. The summed E-state index contributed by atoms with van der Waals surface area (Å²) in [7, 11) is 3.24. The fourth-order valence-electron chi connectivity index (χ4n) is 3.00. The van der Waals surface area contributed by atoms with Gasteiger partial charge in [0.05, 0.1) is 25.9 Å². The van der Waals surface area contributed by atoms with Crippen molar-refractivity contribution in [3.05, 3.63) is 53.6 Å². The fourth-order valence-corrected chi connectivity index (χ4v) is 3.00. The molecule has 0 radical (unpaired) electrons. The predicted octanol–water partition coefficient (Wildman–Crippen LogP) is 2.51. The summed E-state index contributed by atoms with van der Waals surface area (Å²) in [5.41, 5.74) is 2.46. The highest BCUT2D eigenvalue weighted by molar-refractivity contribution is 5.96. The maximum Gasteiger partial charge on any atom is 0.257 e. The minimum absolute atomic E-state index is 0.0798. The third-order valence-corrected chi connectivity index (χ3v) is 4.51. The van der Waals surface area contributed by atoms with Gasteiger partial charge in [-0.2, -0.15) is 0 Å². The number of rotatable bonds is 5. The number of phenols is 1. The number of anilines is 1. The maximum atomic E-state index is 12.6. The molecule has 138 valence electrons. The molecule has 0 bridgehead atoms. The van der Waals surface area contributed by atoms with Crippen molar-refractivity contribution in [3.8, 4) is 11.5 Å². The van der Waals surface area contributed by atoms with E-state index in [4.69, 9.17) is 9.47 Å². The number of benzene rings is 2. The Hall–Kier alpha value is -2.73. The summed E-state index contributed by atoms with van der Waals surface area (Å²) in [6.45, 7) is 3.77. The number of aromatic hydroxyl groups is 1. The van der Waals surface area contributed by atoms with Crippen LogP contribution in [-0.2, 0) is 11.3 Å². The Labute approximate surface area is 153 Å². The SMILES string of the molecule is COc1ccc(C(=O)N(C)Cc2ccc(N3CCOCC3)cc2)c(O)c1. The van der Waals surface area contributed by atoms with Crippen LogP contribution in [0.2, 0.25) is 0 Å². The quantitative estimate of drug-likeness (QED) is 0.892. The number of amides is 1. The Kier molecular flexibility index (Phi) is 5.63. The van der Waals surface area contributed by atoms with E-state index in [1.807, 2.05) is 12.1 Å². The van der Waals surface area contributed by atoms with Crippen molar-refractivity contribution in [2.24, 2.45) is 0 Å². The molecular weight excluding hydrogens is 332 g/mol. The first-order valence-corrected chi connectivity index (χ1v) is 8.62. The third kappa shape index (κ3) is 4.08. The van der Waals surface area contributed by atoms with Crippen molar-refractivity contribution in [1.82, 2.24) is 4.90 Å². The van der Waals surface area contributed by atoms with Crippen molar-refractivity contribution >= 4 is 11.6 Å². The normalized spacial score (nSPS) is 14.2. The van der Waals surface area contributed by atoms with Gasteiger partial charge in [0.15, 0.2) is 0 Å². The third-order valence-electron chi connectivity index (χ3n) is 4.51. The lowest BCUT2D eigenvalue weighted by Gasteiger charge is -2.29. The molecule has 26 heavy (non-hydrogen) atoms. The van der Waals surface area contributed by atoms with Crippen LogP contribution >= 0.6 is 0 Å². The standard InChI is InChI=1S/C20H24N2O4/c1-21(20(24)18-8-7-17(25-2)13-19(18)23)14-15-3-5-16(6-4-15)22-9-11-26-12-10-22/h3-8,13,23H,9-12,14H2,1-2H3. The molecule has 0 saturated carbocycles. The summed E-state index contributed by atoms with van der Waals surface area (Å²) in [4.78, 5) is 16.5. The number of carbonyl (C=O) groups excluding carboxylic acids is 1. The Morgan fingerprint density at radius 1 is 1.19 bits per heavy atom. The van der Waals surface area contributed by atoms with Crippen molar-refractivity contribution < 1.29 is 19.4 Å². The minimum Gasteiger partial charge on any atom is -0.507 e. The minimum atomic E-state index is -0.234. The molecule has 1 saturated heterocycles. The van der Waals surface area contributed by atoms with Gasteiger partial charge in [-0.15, -0.1) is 0 Å². The van der Waals surface area contributed by atoms with Gasteiger partial charge in [0.25, 0.3) is 5.91 Å². The Balaban J connectivity index is 1.65. The monoisotopic (exact) mass is 356 g/mol. The zero-order chi connectivity index (χ0) is 18.5. The van der Waals surface area contributed by atoms with Crippen LogP contribution in [0.15, 0.2) is 42.5 Å². The van der Waals surface area contributed by atoms with Gasteiger partial charge in [0.1, 0.15) is 11.5 Å². The van der Waals surface area contributed by atoms with E-state index in [-0.39, 0.29) is 17.2 Å². The summed E-state index contributed by atoms with van der Waals surface area (Å²) in [6.07, 6.45) is 0. The molecule has 2 aromatic rings. The molecule has 2 aromatic carbocycles. The van der Waals surface area contributed by atoms with Gasteiger partial charge in [-0.3, -0.25) is 4.79 Å². The van der Waals surface area contributed by atoms with E-state index < -0.39 is 0 Å². The lowest BCUT2D eigenvalue weighted by molar-refractivity contribution is 0.0782. The predicted molar refractivity (Wildman–Crippen MR) is 99.9 cm³/mol. The van der Waals surface area contributed by atoms with Crippen LogP contribution in [0.25, 0.3) is 0 Å². The number of ether oxygens (including phenoxy) is 2. The molecule has 1 amide bonds. The highest BCUT2D eigenvalue weighted by Crippen LogP contribution is 2.25. The molecule has 0 atom stereocenters. The molecule has 3 rings (SSSR count). The summed E-state index contributed by atoms with van der Waals surface area (Å²) >= 11 is 0. The molecule has 1 fully saturated rings. The van der Waals surface area contributed by atoms with Crippen LogP contribution in [0.5, 0.6) is 11.5 Å². The van der Waals surface area contributed by atoms with Crippen molar-refractivity contribution in [2.45, 2.75) is 6.54 Å². The molecule has 0 aromatic heterocycles. The molecule has 1 aliphatic heterocycles. The number of methoxy groups -OCH3 is 1. The summed E-state index contributed by atoms with van der Waals surface area (Å²) in [5.74, 6) is 0.201. The van der Waals surface area contributed by atoms with E-state index in [2.05, 4.69) is 17.0 Å². The number of hydrogen-bond donors (Lipinski definition) is 1. The summed E-state index contributed by atoms with van der Waals surface area (Å²) in [6, 6.07) is 12.9. The highest BCUT2D eigenvalue weighted by Gasteiger charge is 2.17. The molecule has 1 heterocycles. The smallest absolute Gasteiger partial charge is 0.257 e. The average molecular weight is 356 g/mol. The Morgan fingerprint density at radius 3 is 2.50 bits per heavy atom. The van der Waals surface area contributed by atoms with E-state index in [0.29, 0.717) is 12.3 Å². The van der Waals surface area contributed by atoms with Gasteiger partial charge in [-0.05, 0) is 29.8 Å². The van der Waals surface area contributed by atoms with Crippen LogP contribution in [0.4, 0.5) is 5.69 Å². The van der Waals surface area contributed by atoms with Crippen LogP contribution < -0.4 is 9.64 Å². The van der Waals surface area contributed by atoms with Crippen molar-refractivity contribution in [1.29, 1.82) is 0 Å². The lowest BCUT2D eigenvalue weighted by atomic mass is 10.1. The van der Waals surface area contributed by atoms with Crippen LogP contribution in [-0.4, -0.2) is 56.4 Å². The van der Waals surface area contributed by atoms with E-state index in [0.717, 1.165) is 31.9 Å². The van der Waals surface area contributed by atoms with Crippen molar-refractivity contribution in [3.63, 3.8) is 0 Å². The van der Waals surface area contributed by atoms with E-state index >= 15 is 0 Å². The molecule has 0 spiro atoms. The maximum absolute atomic E-state index is 12.6. The largest absolute Gasteiger partial charge is 0.507 e. The zero-order valence-corrected chi connectivity index (χ0v) is 15.1. The van der Waals surface area contributed by atoms with Crippen molar-refractivity contribution in [2.75, 3.05) is 45.4 Å². The molecule has 1 N–H and O–H groups in total. The molecule has 1 aliphatic rings.